The maximum absolute atomic E-state index is 12.4. The van der Waals surface area contributed by atoms with Gasteiger partial charge in [-0.1, -0.05) is 6.07 Å². The first kappa shape index (κ1) is 15.3. The highest BCUT2D eigenvalue weighted by Crippen LogP contribution is 2.27. The molecule has 6 heteroatoms. The van der Waals surface area contributed by atoms with E-state index in [1.807, 2.05) is 46.1 Å². The fourth-order valence-electron chi connectivity index (χ4n) is 3.34. The van der Waals surface area contributed by atoms with Crippen LogP contribution in [-0.4, -0.2) is 38.5 Å². The van der Waals surface area contributed by atoms with Crippen molar-refractivity contribution in [3.8, 4) is 0 Å². The standard InChI is InChI=1S/C18H20N4OS/c1-13-11-17-19-16(6-9-22(17)20-13)14-4-7-21(8-5-14)18(23)12-15-3-2-10-24-15/h2-3,6,9-11,14H,4-5,7-8,12H2,1H3. The van der Waals surface area contributed by atoms with Gasteiger partial charge in [-0.05, 0) is 37.3 Å². The third-order valence-corrected chi connectivity index (χ3v) is 5.52. The fraction of sp³-hybridized carbons (Fsp3) is 0.389. The maximum Gasteiger partial charge on any atom is 0.227 e. The van der Waals surface area contributed by atoms with Crippen molar-refractivity contribution in [2.45, 2.75) is 32.1 Å². The van der Waals surface area contributed by atoms with Gasteiger partial charge in [0.2, 0.25) is 5.91 Å². The molecule has 0 N–H and O–H groups in total. The molecular weight excluding hydrogens is 320 g/mol. The van der Waals surface area contributed by atoms with Gasteiger partial charge in [-0.15, -0.1) is 11.3 Å². The third-order valence-electron chi connectivity index (χ3n) is 4.64. The predicted molar refractivity (Wildman–Crippen MR) is 94.3 cm³/mol. The molecule has 24 heavy (non-hydrogen) atoms. The normalized spacial score (nSPS) is 16.0. The SMILES string of the molecule is Cc1cc2nc(C3CCN(C(=O)Cc4cccs4)CC3)ccn2n1. The van der Waals surface area contributed by atoms with Crippen LogP contribution in [0.4, 0.5) is 0 Å². The predicted octanol–water partition coefficient (Wildman–Crippen LogP) is 3.05. The van der Waals surface area contributed by atoms with Gasteiger partial charge < -0.3 is 4.90 Å². The van der Waals surface area contributed by atoms with Crippen molar-refractivity contribution >= 4 is 22.9 Å². The smallest absolute Gasteiger partial charge is 0.227 e. The van der Waals surface area contributed by atoms with Gasteiger partial charge in [0.25, 0.3) is 0 Å². The lowest BCUT2D eigenvalue weighted by molar-refractivity contribution is -0.131. The van der Waals surface area contributed by atoms with E-state index in [0.29, 0.717) is 12.3 Å². The van der Waals surface area contributed by atoms with E-state index < -0.39 is 0 Å². The molecular formula is C18H20N4OS. The van der Waals surface area contributed by atoms with Crippen molar-refractivity contribution in [2.24, 2.45) is 0 Å². The highest BCUT2D eigenvalue weighted by Gasteiger charge is 2.25. The van der Waals surface area contributed by atoms with E-state index in [1.165, 1.54) is 0 Å². The van der Waals surface area contributed by atoms with E-state index >= 15 is 0 Å². The molecule has 1 saturated heterocycles. The quantitative estimate of drug-likeness (QED) is 0.736. The number of hydrogen-bond acceptors (Lipinski definition) is 4. The van der Waals surface area contributed by atoms with Gasteiger partial charge in [-0.25, -0.2) is 9.50 Å². The molecule has 1 fully saturated rings. The van der Waals surface area contributed by atoms with Crippen molar-refractivity contribution in [1.29, 1.82) is 0 Å². The number of rotatable bonds is 3. The summed E-state index contributed by atoms with van der Waals surface area (Å²) in [5.41, 5.74) is 3.00. The highest BCUT2D eigenvalue weighted by atomic mass is 32.1. The van der Waals surface area contributed by atoms with Crippen LogP contribution < -0.4 is 0 Å². The van der Waals surface area contributed by atoms with E-state index in [2.05, 4.69) is 11.2 Å². The molecule has 1 aliphatic rings. The van der Waals surface area contributed by atoms with Crippen molar-refractivity contribution in [3.05, 3.63) is 52.1 Å². The molecule has 1 amide bonds. The second kappa shape index (κ2) is 6.36. The molecule has 0 saturated carbocycles. The van der Waals surface area contributed by atoms with E-state index in [-0.39, 0.29) is 5.91 Å². The van der Waals surface area contributed by atoms with Gasteiger partial charge in [-0.3, -0.25) is 4.79 Å². The lowest BCUT2D eigenvalue weighted by Gasteiger charge is -2.31. The molecule has 0 aromatic carbocycles. The van der Waals surface area contributed by atoms with E-state index in [1.54, 1.807) is 11.3 Å². The molecule has 4 rings (SSSR count). The Labute approximate surface area is 144 Å². The average molecular weight is 340 g/mol. The first-order valence-electron chi connectivity index (χ1n) is 8.32. The molecule has 0 atom stereocenters. The Balaban J connectivity index is 1.40. The number of hydrogen-bond donors (Lipinski definition) is 0. The van der Waals surface area contributed by atoms with Crippen LogP contribution in [0.5, 0.6) is 0 Å². The molecule has 0 radical (unpaired) electrons. The van der Waals surface area contributed by atoms with E-state index in [4.69, 9.17) is 4.98 Å². The van der Waals surface area contributed by atoms with Crippen molar-refractivity contribution < 1.29 is 4.79 Å². The Morgan fingerprint density at radius 1 is 1.33 bits per heavy atom. The topological polar surface area (TPSA) is 50.5 Å². The summed E-state index contributed by atoms with van der Waals surface area (Å²) in [6.45, 7) is 3.62. The Bertz CT molecular complexity index is 847. The van der Waals surface area contributed by atoms with Crippen molar-refractivity contribution in [3.63, 3.8) is 0 Å². The molecule has 0 aliphatic carbocycles. The number of piperidine rings is 1. The molecule has 3 aromatic rings. The van der Waals surface area contributed by atoms with Crippen LogP contribution in [0.3, 0.4) is 0 Å². The van der Waals surface area contributed by atoms with Gasteiger partial charge in [0, 0.05) is 41.8 Å². The van der Waals surface area contributed by atoms with Crippen molar-refractivity contribution in [2.75, 3.05) is 13.1 Å². The zero-order chi connectivity index (χ0) is 16.5. The van der Waals surface area contributed by atoms with E-state index in [9.17, 15) is 4.79 Å². The Morgan fingerprint density at radius 2 is 2.17 bits per heavy atom. The van der Waals surface area contributed by atoms with Gasteiger partial charge in [0.15, 0.2) is 5.65 Å². The Hall–Kier alpha value is -2.21. The summed E-state index contributed by atoms with van der Waals surface area (Å²) in [7, 11) is 0. The molecule has 0 spiro atoms. The van der Waals surface area contributed by atoms with Crippen LogP contribution >= 0.6 is 11.3 Å². The van der Waals surface area contributed by atoms with Gasteiger partial charge >= 0.3 is 0 Å². The van der Waals surface area contributed by atoms with Crippen LogP contribution in [-0.2, 0) is 11.2 Å². The van der Waals surface area contributed by atoms with E-state index in [0.717, 1.165) is 47.8 Å². The minimum atomic E-state index is 0.241. The number of carbonyl (C=O) groups excluding carboxylic acids is 1. The number of carbonyl (C=O) groups is 1. The van der Waals surface area contributed by atoms with Crippen LogP contribution in [0.2, 0.25) is 0 Å². The highest BCUT2D eigenvalue weighted by molar-refractivity contribution is 7.10. The summed E-state index contributed by atoms with van der Waals surface area (Å²) >= 11 is 1.65. The number of aryl methyl sites for hydroxylation is 1. The molecule has 124 valence electrons. The van der Waals surface area contributed by atoms with Gasteiger partial charge in [-0.2, -0.15) is 5.10 Å². The summed E-state index contributed by atoms with van der Waals surface area (Å²) < 4.78 is 1.82. The molecule has 3 aromatic heterocycles. The molecule has 4 heterocycles. The zero-order valence-corrected chi connectivity index (χ0v) is 14.5. The van der Waals surface area contributed by atoms with Crippen LogP contribution in [0.25, 0.3) is 5.65 Å². The zero-order valence-electron chi connectivity index (χ0n) is 13.7. The molecule has 0 unspecified atom stereocenters. The lowest BCUT2D eigenvalue weighted by atomic mass is 9.93. The number of nitrogens with zero attached hydrogens (tertiary/aromatic N) is 4. The summed E-state index contributed by atoms with van der Waals surface area (Å²) in [5.74, 6) is 0.668. The summed E-state index contributed by atoms with van der Waals surface area (Å²) in [6, 6.07) is 8.10. The monoisotopic (exact) mass is 340 g/mol. The van der Waals surface area contributed by atoms with Gasteiger partial charge in [0.05, 0.1) is 12.1 Å². The first-order valence-corrected chi connectivity index (χ1v) is 9.20. The van der Waals surface area contributed by atoms with Crippen LogP contribution in [0, 0.1) is 6.92 Å². The summed E-state index contributed by atoms with van der Waals surface area (Å²) in [4.78, 5) is 20.3. The molecule has 1 aliphatic heterocycles. The Morgan fingerprint density at radius 3 is 2.92 bits per heavy atom. The number of amides is 1. The number of thiophene rings is 1. The number of likely N-dealkylation sites (tertiary alicyclic amines) is 1. The number of aromatic nitrogens is 3. The minimum Gasteiger partial charge on any atom is -0.342 e. The third kappa shape index (κ3) is 3.06. The second-order valence-corrected chi connectivity index (χ2v) is 7.38. The molecule has 5 nitrogen and oxygen atoms in total. The fourth-order valence-corrected chi connectivity index (χ4v) is 4.03. The lowest BCUT2D eigenvalue weighted by Crippen LogP contribution is -2.38. The minimum absolute atomic E-state index is 0.241. The van der Waals surface area contributed by atoms with Crippen LogP contribution in [0.1, 0.15) is 35.0 Å². The summed E-state index contributed by atoms with van der Waals surface area (Å²) in [6.07, 6.45) is 4.47. The van der Waals surface area contributed by atoms with Crippen LogP contribution in [0.15, 0.2) is 35.8 Å². The maximum atomic E-state index is 12.4. The second-order valence-electron chi connectivity index (χ2n) is 6.35. The number of fused-ring (bicyclic) bond motifs is 1. The Kier molecular flexibility index (Phi) is 4.06. The van der Waals surface area contributed by atoms with Gasteiger partial charge in [0.1, 0.15) is 0 Å². The van der Waals surface area contributed by atoms with Crippen molar-refractivity contribution in [1.82, 2.24) is 19.5 Å². The first-order chi connectivity index (χ1) is 11.7. The average Bonchev–Trinajstić information content (AvgIpc) is 3.22. The largest absolute Gasteiger partial charge is 0.342 e. The summed E-state index contributed by atoms with van der Waals surface area (Å²) in [5, 5.41) is 6.39. The molecule has 0 bridgehead atoms.